The van der Waals surface area contributed by atoms with Crippen LogP contribution in [0.1, 0.15) is 29.7 Å². The number of nitrogens with one attached hydrogen (secondary N) is 1. The summed E-state index contributed by atoms with van der Waals surface area (Å²) in [5, 5.41) is 3.06. The Balaban J connectivity index is 0.000000258. The van der Waals surface area contributed by atoms with Crippen molar-refractivity contribution in [1.29, 1.82) is 0 Å². The molecule has 6 heterocycles. The number of aldehydes is 1. The molecule has 3 amide bonds. The van der Waals surface area contributed by atoms with Crippen molar-refractivity contribution in [3.05, 3.63) is 71.6 Å². The van der Waals surface area contributed by atoms with Crippen molar-refractivity contribution in [2.24, 2.45) is 5.92 Å². The molecule has 1 N–H and O–H groups in total. The van der Waals surface area contributed by atoms with Crippen molar-refractivity contribution in [3.63, 3.8) is 0 Å². The van der Waals surface area contributed by atoms with Gasteiger partial charge in [-0.05, 0) is 49.7 Å². The van der Waals surface area contributed by atoms with Gasteiger partial charge >= 0.3 is 0 Å². The molecule has 4 aromatic rings. The molecule has 11 heteroatoms. The number of benzene rings is 1. The lowest BCUT2D eigenvalue weighted by Gasteiger charge is -2.25. The Hall–Kier alpha value is -4.64. The lowest BCUT2D eigenvalue weighted by Crippen LogP contribution is -2.32. The molecule has 1 aromatic carbocycles. The number of hydrogen-bond donors (Lipinski definition) is 1. The summed E-state index contributed by atoms with van der Waals surface area (Å²) in [7, 11) is 2.00. The number of hydrogen-bond acceptors (Lipinski definition) is 6. The molecule has 3 aliphatic heterocycles. The van der Waals surface area contributed by atoms with Crippen LogP contribution in [0.5, 0.6) is 0 Å². The summed E-state index contributed by atoms with van der Waals surface area (Å²) >= 11 is 0. The van der Waals surface area contributed by atoms with E-state index >= 15 is 0 Å². The van der Waals surface area contributed by atoms with E-state index in [-0.39, 0.29) is 22.9 Å². The van der Waals surface area contributed by atoms with Gasteiger partial charge in [-0.1, -0.05) is 6.07 Å². The first-order chi connectivity index (χ1) is 19.9. The Kier molecular flexibility index (Phi) is 6.96. The van der Waals surface area contributed by atoms with E-state index in [1.807, 2.05) is 31.4 Å². The fourth-order valence-electron chi connectivity index (χ4n) is 5.87. The van der Waals surface area contributed by atoms with Gasteiger partial charge in [0.05, 0.1) is 28.6 Å². The monoisotopic (exact) mass is 556 g/mol. The summed E-state index contributed by atoms with van der Waals surface area (Å²) in [5.41, 5.74) is 4.03. The number of imidazole rings is 1. The van der Waals surface area contributed by atoms with E-state index in [0.29, 0.717) is 35.4 Å². The number of fused-ring (bicyclic) bond motifs is 1. The minimum absolute atomic E-state index is 0.191. The first kappa shape index (κ1) is 26.6. The van der Waals surface area contributed by atoms with Crippen LogP contribution in [0.25, 0.3) is 27.7 Å². The molecule has 0 aliphatic carbocycles. The summed E-state index contributed by atoms with van der Waals surface area (Å²) in [4.78, 5) is 54.4. The SMILES string of the molecule is CN1CCn2cc(C3=C(c4cnc5ccccn45)C(=O)NC3=O)c3cc(F)cc(c32)C1.O=CC1CCN(C=O)CC1. The number of amides is 3. The van der Waals surface area contributed by atoms with Crippen LogP contribution in [-0.2, 0) is 32.3 Å². The molecule has 10 nitrogen and oxygen atoms in total. The Morgan fingerprint density at radius 1 is 1.02 bits per heavy atom. The number of piperidine rings is 1. The highest BCUT2D eigenvalue weighted by Crippen LogP contribution is 2.38. The zero-order chi connectivity index (χ0) is 28.7. The smallest absolute Gasteiger partial charge is 0.261 e. The highest BCUT2D eigenvalue weighted by atomic mass is 19.1. The Morgan fingerprint density at radius 3 is 2.56 bits per heavy atom. The molecular weight excluding hydrogens is 527 g/mol. The molecule has 0 bridgehead atoms. The molecule has 0 atom stereocenters. The average molecular weight is 557 g/mol. The summed E-state index contributed by atoms with van der Waals surface area (Å²) in [6, 6.07) is 8.52. The Labute approximate surface area is 235 Å². The third kappa shape index (κ3) is 4.82. The number of carbonyl (C=O) groups excluding carboxylic acids is 4. The lowest BCUT2D eigenvalue weighted by atomic mass is 9.98. The predicted octanol–water partition coefficient (Wildman–Crippen LogP) is 2.49. The molecule has 3 aromatic heterocycles. The zero-order valence-corrected chi connectivity index (χ0v) is 22.5. The fourth-order valence-corrected chi connectivity index (χ4v) is 5.87. The molecule has 0 radical (unpaired) electrons. The van der Waals surface area contributed by atoms with E-state index in [0.717, 1.165) is 56.3 Å². The molecular formula is C30H29FN6O4. The molecule has 0 spiro atoms. The molecule has 0 unspecified atom stereocenters. The van der Waals surface area contributed by atoms with Gasteiger partial charge in [0.25, 0.3) is 11.8 Å². The summed E-state index contributed by atoms with van der Waals surface area (Å²) < 4.78 is 18.4. The van der Waals surface area contributed by atoms with Gasteiger partial charge < -0.3 is 19.2 Å². The van der Waals surface area contributed by atoms with Gasteiger partial charge in [-0.3, -0.25) is 24.1 Å². The second-order valence-electron chi connectivity index (χ2n) is 10.7. The van der Waals surface area contributed by atoms with Gasteiger partial charge in [0, 0.05) is 62.0 Å². The number of carbonyl (C=O) groups is 4. The predicted molar refractivity (Wildman–Crippen MR) is 150 cm³/mol. The van der Waals surface area contributed by atoms with Gasteiger partial charge in [0.1, 0.15) is 17.8 Å². The number of halogens is 1. The van der Waals surface area contributed by atoms with Gasteiger partial charge in [-0.2, -0.15) is 0 Å². The molecule has 3 aliphatic rings. The summed E-state index contributed by atoms with van der Waals surface area (Å²) in [6.45, 7) is 3.60. The normalized spacial score (nSPS) is 18.0. The topological polar surface area (TPSA) is 109 Å². The first-order valence-corrected chi connectivity index (χ1v) is 13.5. The van der Waals surface area contributed by atoms with E-state index in [2.05, 4.69) is 19.8 Å². The molecule has 1 fully saturated rings. The van der Waals surface area contributed by atoms with Crippen LogP contribution in [-0.4, -0.2) is 74.9 Å². The number of likely N-dealkylation sites (N-methyl/N-ethyl adjacent to an activating group) is 1. The fraction of sp³-hybridized carbons (Fsp3) is 0.300. The van der Waals surface area contributed by atoms with E-state index < -0.39 is 11.8 Å². The number of likely N-dealkylation sites (tertiary alicyclic amines) is 1. The van der Waals surface area contributed by atoms with Gasteiger partial charge in [0.2, 0.25) is 6.41 Å². The zero-order valence-electron chi connectivity index (χ0n) is 22.5. The van der Waals surface area contributed by atoms with Crippen molar-refractivity contribution in [2.45, 2.75) is 25.9 Å². The van der Waals surface area contributed by atoms with E-state index in [1.54, 1.807) is 27.8 Å². The number of pyridine rings is 1. The minimum Gasteiger partial charge on any atom is -0.345 e. The maximum Gasteiger partial charge on any atom is 0.261 e. The lowest BCUT2D eigenvalue weighted by molar-refractivity contribution is -0.123. The average Bonchev–Trinajstić information content (AvgIpc) is 3.61. The largest absolute Gasteiger partial charge is 0.345 e. The third-order valence-corrected chi connectivity index (χ3v) is 7.97. The molecule has 210 valence electrons. The first-order valence-electron chi connectivity index (χ1n) is 13.5. The highest BCUT2D eigenvalue weighted by Gasteiger charge is 2.36. The summed E-state index contributed by atoms with van der Waals surface area (Å²) in [6.07, 6.45) is 8.76. The third-order valence-electron chi connectivity index (χ3n) is 7.97. The van der Waals surface area contributed by atoms with Gasteiger partial charge in [-0.25, -0.2) is 9.37 Å². The number of nitrogens with zero attached hydrogens (tertiary/aromatic N) is 5. The van der Waals surface area contributed by atoms with Crippen molar-refractivity contribution in [1.82, 2.24) is 29.1 Å². The van der Waals surface area contributed by atoms with Crippen LogP contribution in [0, 0.1) is 11.7 Å². The van der Waals surface area contributed by atoms with Crippen LogP contribution in [0.4, 0.5) is 4.39 Å². The maximum atomic E-state index is 14.6. The quantitative estimate of drug-likeness (QED) is 0.306. The van der Waals surface area contributed by atoms with E-state index in [4.69, 9.17) is 0 Å². The van der Waals surface area contributed by atoms with Crippen LogP contribution in [0.15, 0.2) is 48.9 Å². The van der Waals surface area contributed by atoms with Crippen LogP contribution in [0.2, 0.25) is 0 Å². The van der Waals surface area contributed by atoms with Crippen LogP contribution >= 0.6 is 0 Å². The highest BCUT2D eigenvalue weighted by molar-refractivity contribution is 6.49. The second kappa shape index (κ2) is 10.7. The Morgan fingerprint density at radius 2 is 1.80 bits per heavy atom. The maximum absolute atomic E-state index is 14.6. The molecule has 41 heavy (non-hydrogen) atoms. The molecule has 0 saturated carbocycles. The van der Waals surface area contributed by atoms with Crippen molar-refractivity contribution >= 4 is 52.2 Å². The van der Waals surface area contributed by atoms with Crippen LogP contribution < -0.4 is 5.32 Å². The van der Waals surface area contributed by atoms with Crippen molar-refractivity contribution in [2.75, 3.05) is 26.7 Å². The molecule has 7 rings (SSSR count). The number of imide groups is 1. The van der Waals surface area contributed by atoms with Crippen LogP contribution in [0.3, 0.4) is 0 Å². The molecule has 1 saturated heterocycles. The summed E-state index contributed by atoms with van der Waals surface area (Å²) in [5.74, 6) is -1.13. The number of aromatic nitrogens is 3. The van der Waals surface area contributed by atoms with Crippen molar-refractivity contribution in [3.8, 4) is 0 Å². The van der Waals surface area contributed by atoms with E-state index in [9.17, 15) is 23.6 Å². The minimum atomic E-state index is -0.482. The second-order valence-corrected chi connectivity index (χ2v) is 10.7. The Bertz CT molecular complexity index is 1710. The van der Waals surface area contributed by atoms with Gasteiger partial charge in [0.15, 0.2) is 0 Å². The standard InChI is InChI=1S/C23H18FN5O2.C7H11NO2/c1-27-6-7-28-12-16(15-9-14(24)8-13(11-27)21(15)28)19-20(23(31)26-22(19)30)17-10-25-18-4-2-3-5-29(17)18;9-5-7-1-3-8(6-10)4-2-7/h2-5,8-10,12H,6-7,11H2,1H3,(H,26,30,31);5-7H,1-4H2. The van der Waals surface area contributed by atoms with E-state index in [1.165, 1.54) is 6.07 Å². The van der Waals surface area contributed by atoms with Crippen molar-refractivity contribution < 1.29 is 23.6 Å². The van der Waals surface area contributed by atoms with Gasteiger partial charge in [-0.15, -0.1) is 0 Å². The number of rotatable bonds is 4.